The van der Waals surface area contributed by atoms with Crippen LogP contribution in [0.4, 0.5) is 5.69 Å². The van der Waals surface area contributed by atoms with E-state index in [0.29, 0.717) is 17.0 Å². The van der Waals surface area contributed by atoms with Crippen LogP contribution in [0.15, 0.2) is 34.0 Å². The molecule has 0 saturated carbocycles. The van der Waals surface area contributed by atoms with Gasteiger partial charge in [-0.15, -0.1) is 34.9 Å². The fraction of sp³-hybridized carbons (Fsp3) is 0.316. The lowest BCUT2D eigenvalue weighted by molar-refractivity contribution is -0.115. The van der Waals surface area contributed by atoms with E-state index >= 15 is 0 Å². The Morgan fingerprint density at radius 2 is 2.07 bits per heavy atom. The number of amides is 1. The highest BCUT2D eigenvalue weighted by Gasteiger charge is 2.17. The Labute approximate surface area is 170 Å². The molecule has 0 fully saturated rings. The largest absolute Gasteiger partial charge is 0.324 e. The van der Waals surface area contributed by atoms with E-state index < -0.39 is 0 Å². The monoisotopic (exact) mass is 419 g/mol. The number of aryl methyl sites for hydroxylation is 2. The predicted octanol–water partition coefficient (Wildman–Crippen LogP) is 4.58. The summed E-state index contributed by atoms with van der Waals surface area (Å²) < 4.78 is 0. The highest BCUT2D eigenvalue weighted by molar-refractivity contribution is 7.99. The van der Waals surface area contributed by atoms with Gasteiger partial charge in [-0.3, -0.25) is 9.59 Å². The van der Waals surface area contributed by atoms with Crippen molar-refractivity contribution < 1.29 is 4.79 Å². The van der Waals surface area contributed by atoms with Gasteiger partial charge in [0.25, 0.3) is 5.56 Å². The molecule has 1 aromatic carbocycles. The summed E-state index contributed by atoms with van der Waals surface area (Å²) in [7, 11) is 0. The van der Waals surface area contributed by atoms with Gasteiger partial charge in [0, 0.05) is 9.77 Å². The summed E-state index contributed by atoms with van der Waals surface area (Å²) in [4.78, 5) is 35.2. The Hall–Kier alpha value is -1.77. The number of thioether (sulfide) groups is 2. The summed E-state index contributed by atoms with van der Waals surface area (Å²) in [5.41, 5.74) is 1.70. The average Bonchev–Trinajstić information content (AvgIpc) is 2.94. The highest BCUT2D eigenvalue weighted by atomic mass is 32.2. The lowest BCUT2D eigenvalue weighted by Crippen LogP contribution is -2.23. The summed E-state index contributed by atoms with van der Waals surface area (Å²) in [5.74, 6) is 1.01. The van der Waals surface area contributed by atoms with Gasteiger partial charge in [-0.2, -0.15) is 0 Å². The quantitative estimate of drug-likeness (QED) is 0.572. The van der Waals surface area contributed by atoms with Crippen LogP contribution in [-0.2, 0) is 10.5 Å². The van der Waals surface area contributed by atoms with Crippen LogP contribution in [-0.4, -0.2) is 27.4 Å². The molecule has 8 heteroatoms. The third-order valence-electron chi connectivity index (χ3n) is 4.29. The number of rotatable bonds is 6. The predicted molar refractivity (Wildman–Crippen MR) is 117 cm³/mol. The standard InChI is InChI=1S/C19H21N3O2S3/c1-10-11(2)27-19-16(10)18(24)21-15(22-19)9-26-12(3)17(23)20-13-7-5-6-8-14(13)25-4/h5-8,12H,9H2,1-4H3,(H,20,23)(H,21,22,24)/t12-/m0/s1. The molecule has 2 N–H and O–H groups in total. The van der Waals surface area contributed by atoms with E-state index in [1.165, 1.54) is 23.1 Å². The molecule has 142 valence electrons. The maximum Gasteiger partial charge on any atom is 0.259 e. The third kappa shape index (κ3) is 4.39. The molecule has 3 rings (SSSR count). The lowest BCUT2D eigenvalue weighted by Gasteiger charge is -2.13. The van der Waals surface area contributed by atoms with Gasteiger partial charge in [-0.25, -0.2) is 4.98 Å². The smallest absolute Gasteiger partial charge is 0.259 e. The number of carbonyl (C=O) groups is 1. The second kappa shape index (κ2) is 8.50. The third-order valence-corrected chi connectivity index (χ3v) is 7.34. The van der Waals surface area contributed by atoms with E-state index in [-0.39, 0.29) is 16.7 Å². The van der Waals surface area contributed by atoms with Crippen molar-refractivity contribution in [1.82, 2.24) is 9.97 Å². The molecule has 0 aliphatic heterocycles. The fourth-order valence-electron chi connectivity index (χ4n) is 2.63. The van der Waals surface area contributed by atoms with Crippen LogP contribution in [0.2, 0.25) is 0 Å². The van der Waals surface area contributed by atoms with Gasteiger partial charge in [-0.1, -0.05) is 12.1 Å². The van der Waals surface area contributed by atoms with Gasteiger partial charge in [-0.05, 0) is 44.7 Å². The summed E-state index contributed by atoms with van der Waals surface area (Å²) in [6, 6.07) is 7.73. The Morgan fingerprint density at radius 1 is 1.33 bits per heavy atom. The number of aromatic nitrogens is 2. The topological polar surface area (TPSA) is 74.8 Å². The Morgan fingerprint density at radius 3 is 2.81 bits per heavy atom. The minimum Gasteiger partial charge on any atom is -0.324 e. The van der Waals surface area contributed by atoms with Crippen molar-refractivity contribution in [1.29, 1.82) is 0 Å². The normalized spacial score (nSPS) is 12.3. The van der Waals surface area contributed by atoms with Crippen LogP contribution in [0.25, 0.3) is 10.2 Å². The van der Waals surface area contributed by atoms with Gasteiger partial charge < -0.3 is 10.3 Å². The van der Waals surface area contributed by atoms with Crippen molar-refractivity contribution in [2.45, 2.75) is 36.7 Å². The maximum absolute atomic E-state index is 12.5. The first-order chi connectivity index (χ1) is 12.9. The summed E-state index contributed by atoms with van der Waals surface area (Å²) >= 11 is 4.58. The van der Waals surface area contributed by atoms with Crippen LogP contribution in [0, 0.1) is 13.8 Å². The van der Waals surface area contributed by atoms with E-state index in [9.17, 15) is 9.59 Å². The molecular weight excluding hydrogens is 398 g/mol. The molecular formula is C19H21N3O2S3. The molecule has 27 heavy (non-hydrogen) atoms. The number of thiophene rings is 1. The number of benzene rings is 1. The fourth-order valence-corrected chi connectivity index (χ4v) is 4.99. The minimum absolute atomic E-state index is 0.0623. The molecule has 1 atom stereocenters. The van der Waals surface area contributed by atoms with Crippen LogP contribution < -0.4 is 10.9 Å². The molecule has 1 amide bonds. The Kier molecular flexibility index (Phi) is 6.29. The maximum atomic E-state index is 12.5. The number of carbonyl (C=O) groups excluding carboxylic acids is 1. The summed E-state index contributed by atoms with van der Waals surface area (Å²) in [6.45, 7) is 5.80. The lowest BCUT2D eigenvalue weighted by atomic mass is 10.2. The number of hydrogen-bond donors (Lipinski definition) is 2. The van der Waals surface area contributed by atoms with Crippen LogP contribution in [0.5, 0.6) is 0 Å². The average molecular weight is 420 g/mol. The van der Waals surface area contributed by atoms with Crippen molar-refractivity contribution in [2.24, 2.45) is 0 Å². The number of hydrogen-bond acceptors (Lipinski definition) is 6. The zero-order chi connectivity index (χ0) is 19.6. The van der Waals surface area contributed by atoms with E-state index in [4.69, 9.17) is 0 Å². The molecule has 0 radical (unpaired) electrons. The number of aromatic amines is 1. The van der Waals surface area contributed by atoms with E-state index in [1.807, 2.05) is 51.3 Å². The van der Waals surface area contributed by atoms with Gasteiger partial charge in [0.15, 0.2) is 0 Å². The first kappa shape index (κ1) is 20.0. The van der Waals surface area contributed by atoms with Crippen molar-refractivity contribution in [2.75, 3.05) is 11.6 Å². The van der Waals surface area contributed by atoms with Gasteiger partial charge >= 0.3 is 0 Å². The molecule has 2 aromatic heterocycles. The van der Waals surface area contributed by atoms with Gasteiger partial charge in [0.2, 0.25) is 5.91 Å². The molecule has 0 saturated heterocycles. The SMILES string of the molecule is CSc1ccccc1NC(=O)[C@H](C)SCc1nc2sc(C)c(C)c2c(=O)[nH]1. The van der Waals surface area contributed by atoms with E-state index in [1.54, 1.807) is 11.8 Å². The van der Waals surface area contributed by atoms with E-state index in [2.05, 4.69) is 15.3 Å². The van der Waals surface area contributed by atoms with Crippen molar-refractivity contribution >= 4 is 56.7 Å². The molecule has 0 aliphatic rings. The highest BCUT2D eigenvalue weighted by Crippen LogP contribution is 2.28. The van der Waals surface area contributed by atoms with Gasteiger partial charge in [0.05, 0.1) is 22.1 Å². The van der Waals surface area contributed by atoms with Crippen molar-refractivity contribution in [3.05, 3.63) is 50.9 Å². The Balaban J connectivity index is 1.68. The number of nitrogens with one attached hydrogen (secondary N) is 2. The first-order valence-corrected chi connectivity index (χ1v) is 11.5. The minimum atomic E-state index is -0.271. The summed E-state index contributed by atoms with van der Waals surface area (Å²) in [5, 5.41) is 3.38. The number of fused-ring (bicyclic) bond motifs is 1. The number of para-hydroxylation sites is 1. The van der Waals surface area contributed by atoms with Crippen LogP contribution in [0.1, 0.15) is 23.2 Å². The van der Waals surface area contributed by atoms with Crippen molar-refractivity contribution in [3.63, 3.8) is 0 Å². The molecule has 0 unspecified atom stereocenters. The zero-order valence-corrected chi connectivity index (χ0v) is 18.0. The Bertz CT molecular complexity index is 1040. The number of H-pyrrole nitrogens is 1. The van der Waals surface area contributed by atoms with Crippen molar-refractivity contribution in [3.8, 4) is 0 Å². The zero-order valence-electron chi connectivity index (χ0n) is 15.6. The summed E-state index contributed by atoms with van der Waals surface area (Å²) in [6.07, 6.45) is 1.98. The molecule has 2 heterocycles. The number of nitrogens with zero attached hydrogens (tertiary/aromatic N) is 1. The second-order valence-electron chi connectivity index (χ2n) is 6.12. The van der Waals surface area contributed by atoms with Crippen LogP contribution in [0.3, 0.4) is 0 Å². The van der Waals surface area contributed by atoms with E-state index in [0.717, 1.165) is 25.9 Å². The molecule has 0 bridgehead atoms. The van der Waals surface area contributed by atoms with Gasteiger partial charge in [0.1, 0.15) is 10.7 Å². The molecule has 0 spiro atoms. The first-order valence-electron chi connectivity index (χ1n) is 8.45. The molecule has 5 nitrogen and oxygen atoms in total. The van der Waals surface area contributed by atoms with Crippen LogP contribution >= 0.6 is 34.9 Å². The molecule has 3 aromatic rings. The second-order valence-corrected chi connectivity index (χ2v) is 9.50. The number of anilines is 1. The molecule has 0 aliphatic carbocycles.